The molecule has 0 radical (unpaired) electrons. The Balaban J connectivity index is 1.93. The Bertz CT molecular complexity index is 1610. The van der Waals surface area contributed by atoms with Crippen LogP contribution in [0, 0.1) is 12.7 Å². The Morgan fingerprint density at radius 3 is 2.56 bits per heavy atom. The molecule has 4 rings (SSSR count). The lowest BCUT2D eigenvalue weighted by Crippen LogP contribution is -2.31. The number of halogens is 1. The fraction of sp³-hybridized carbons (Fsp3) is 0.320. The smallest absolute Gasteiger partial charge is 0.330 e. The number of hydrogen-bond acceptors (Lipinski definition) is 7. The molecule has 0 saturated carbocycles. The van der Waals surface area contributed by atoms with Crippen LogP contribution in [-0.4, -0.2) is 53.2 Å². The van der Waals surface area contributed by atoms with Crippen molar-refractivity contribution in [1.29, 1.82) is 0 Å². The summed E-state index contributed by atoms with van der Waals surface area (Å²) in [5.41, 5.74) is 2.87. The quantitative estimate of drug-likeness (QED) is 0.355. The fourth-order valence-corrected chi connectivity index (χ4v) is 5.11. The van der Waals surface area contributed by atoms with Gasteiger partial charge in [-0.1, -0.05) is 6.07 Å². The molecule has 1 aromatic carbocycles. The van der Waals surface area contributed by atoms with Crippen LogP contribution in [0.25, 0.3) is 22.3 Å². The molecule has 190 valence electrons. The van der Waals surface area contributed by atoms with Gasteiger partial charge in [0.15, 0.2) is 11.4 Å². The summed E-state index contributed by atoms with van der Waals surface area (Å²) < 4.78 is 52.1. The largest absolute Gasteiger partial charge is 0.491 e. The second-order valence-corrected chi connectivity index (χ2v) is 10.7. The van der Waals surface area contributed by atoms with Gasteiger partial charge < -0.3 is 9.47 Å². The van der Waals surface area contributed by atoms with Crippen molar-refractivity contribution in [3.63, 3.8) is 0 Å². The number of benzene rings is 1. The van der Waals surface area contributed by atoms with Crippen LogP contribution in [0.3, 0.4) is 0 Å². The molecule has 4 aromatic rings. The maximum atomic E-state index is 13.6. The second-order valence-electron chi connectivity index (χ2n) is 8.52. The zero-order chi connectivity index (χ0) is 26.2. The lowest BCUT2D eigenvalue weighted by Gasteiger charge is -2.19. The van der Waals surface area contributed by atoms with Crippen molar-refractivity contribution < 1.29 is 22.3 Å². The van der Waals surface area contributed by atoms with Gasteiger partial charge in [-0.3, -0.25) is 9.13 Å². The maximum Gasteiger partial charge on any atom is 0.330 e. The van der Waals surface area contributed by atoms with Crippen molar-refractivity contribution in [2.45, 2.75) is 19.9 Å². The molecule has 0 amide bonds. The standard InChI is InChI=1S/C25H27FN4O5S/c1-6-35-24-22(34-4)10-9-19(28-24)21(14-36(5,32)33)30-23-20(29(3)25(30)31)12-16(13-27-23)18-8-7-17(26)11-15(18)2/h7-13,21H,6,14H2,1-5H3. The minimum absolute atomic E-state index is 0.200. The van der Waals surface area contributed by atoms with Gasteiger partial charge in [-0.2, -0.15) is 0 Å². The van der Waals surface area contributed by atoms with Crippen LogP contribution in [0.2, 0.25) is 0 Å². The first-order chi connectivity index (χ1) is 17.0. The van der Waals surface area contributed by atoms with Crippen molar-refractivity contribution in [2.24, 2.45) is 7.05 Å². The van der Waals surface area contributed by atoms with E-state index in [2.05, 4.69) is 9.97 Å². The van der Waals surface area contributed by atoms with E-state index >= 15 is 0 Å². The molecule has 9 nitrogen and oxygen atoms in total. The third kappa shape index (κ3) is 4.83. The zero-order valence-electron chi connectivity index (χ0n) is 20.6. The summed E-state index contributed by atoms with van der Waals surface area (Å²) in [6.45, 7) is 3.91. The monoisotopic (exact) mass is 514 g/mol. The van der Waals surface area contributed by atoms with Gasteiger partial charge in [0.05, 0.1) is 36.7 Å². The Morgan fingerprint density at radius 2 is 1.92 bits per heavy atom. The number of ether oxygens (including phenoxy) is 2. The van der Waals surface area contributed by atoms with Gasteiger partial charge in [-0.05, 0) is 55.3 Å². The van der Waals surface area contributed by atoms with Crippen LogP contribution in [0.1, 0.15) is 24.2 Å². The van der Waals surface area contributed by atoms with E-state index in [9.17, 15) is 17.6 Å². The molecule has 0 aliphatic rings. The number of hydrogen-bond donors (Lipinski definition) is 0. The Kier molecular flexibility index (Phi) is 6.85. The third-order valence-electron chi connectivity index (χ3n) is 5.89. The number of aryl methyl sites for hydroxylation is 2. The number of pyridine rings is 2. The molecule has 3 heterocycles. The number of nitrogens with zero attached hydrogens (tertiary/aromatic N) is 4. The number of fused-ring (bicyclic) bond motifs is 1. The Hall–Kier alpha value is -3.73. The highest BCUT2D eigenvalue weighted by molar-refractivity contribution is 7.90. The van der Waals surface area contributed by atoms with E-state index < -0.39 is 21.6 Å². The maximum absolute atomic E-state index is 13.6. The first-order valence-corrected chi connectivity index (χ1v) is 13.3. The van der Waals surface area contributed by atoms with E-state index in [0.29, 0.717) is 34.8 Å². The number of methoxy groups -OCH3 is 1. The van der Waals surface area contributed by atoms with Crippen molar-refractivity contribution in [2.75, 3.05) is 25.7 Å². The summed E-state index contributed by atoms with van der Waals surface area (Å²) in [4.78, 5) is 22.5. The molecule has 0 N–H and O–H groups in total. The Labute approximate surface area is 208 Å². The summed E-state index contributed by atoms with van der Waals surface area (Å²) in [6, 6.07) is 8.51. The van der Waals surface area contributed by atoms with E-state index in [1.807, 2.05) is 0 Å². The van der Waals surface area contributed by atoms with Crippen LogP contribution in [0.15, 0.2) is 47.4 Å². The summed E-state index contributed by atoms with van der Waals surface area (Å²) in [5.74, 6) is -0.129. The average molecular weight is 515 g/mol. The minimum Gasteiger partial charge on any atom is -0.491 e. The third-order valence-corrected chi connectivity index (χ3v) is 6.81. The molecule has 1 atom stereocenters. The SMILES string of the molecule is CCOc1nc(C(CS(C)(=O)=O)n2c(=O)n(C)c3cc(-c4ccc(F)cc4C)cnc32)ccc1OC. The average Bonchev–Trinajstić information content (AvgIpc) is 3.06. The lowest BCUT2D eigenvalue weighted by atomic mass is 10.0. The van der Waals surface area contributed by atoms with Gasteiger partial charge in [0.25, 0.3) is 5.88 Å². The molecule has 36 heavy (non-hydrogen) atoms. The summed E-state index contributed by atoms with van der Waals surface area (Å²) in [6.07, 6.45) is 2.69. The molecule has 0 aliphatic heterocycles. The van der Waals surface area contributed by atoms with Gasteiger partial charge in [0.1, 0.15) is 15.7 Å². The second kappa shape index (κ2) is 9.73. The van der Waals surface area contributed by atoms with Crippen molar-refractivity contribution in [3.05, 3.63) is 70.2 Å². The predicted molar refractivity (Wildman–Crippen MR) is 135 cm³/mol. The molecule has 1 unspecified atom stereocenters. The van der Waals surface area contributed by atoms with E-state index in [4.69, 9.17) is 9.47 Å². The van der Waals surface area contributed by atoms with Gasteiger partial charge in [0.2, 0.25) is 0 Å². The van der Waals surface area contributed by atoms with Crippen molar-refractivity contribution in [1.82, 2.24) is 19.1 Å². The van der Waals surface area contributed by atoms with Crippen LogP contribution in [0.5, 0.6) is 11.6 Å². The van der Waals surface area contributed by atoms with Gasteiger partial charge in [-0.25, -0.2) is 27.6 Å². The summed E-state index contributed by atoms with van der Waals surface area (Å²) >= 11 is 0. The number of rotatable bonds is 8. The molecule has 0 aliphatic carbocycles. The lowest BCUT2D eigenvalue weighted by molar-refractivity contribution is 0.296. The predicted octanol–water partition coefficient (Wildman–Crippen LogP) is 3.29. The molecule has 0 bridgehead atoms. The van der Waals surface area contributed by atoms with Crippen molar-refractivity contribution >= 4 is 21.0 Å². The van der Waals surface area contributed by atoms with E-state index in [-0.39, 0.29) is 17.5 Å². The van der Waals surface area contributed by atoms with E-state index in [1.165, 1.54) is 28.4 Å². The van der Waals surface area contributed by atoms with E-state index in [0.717, 1.165) is 17.4 Å². The first kappa shape index (κ1) is 25.4. The van der Waals surface area contributed by atoms with E-state index in [1.54, 1.807) is 51.4 Å². The number of aromatic nitrogens is 4. The molecular weight excluding hydrogens is 487 g/mol. The molecular formula is C25H27FN4O5S. The molecule has 0 fully saturated rings. The topological polar surface area (TPSA) is 105 Å². The first-order valence-electron chi connectivity index (χ1n) is 11.2. The van der Waals surface area contributed by atoms with Gasteiger partial charge in [-0.15, -0.1) is 0 Å². The summed E-state index contributed by atoms with van der Waals surface area (Å²) in [7, 11) is -0.471. The summed E-state index contributed by atoms with van der Waals surface area (Å²) in [5, 5.41) is 0. The van der Waals surface area contributed by atoms with Gasteiger partial charge >= 0.3 is 5.69 Å². The van der Waals surface area contributed by atoms with Crippen LogP contribution in [-0.2, 0) is 16.9 Å². The van der Waals surface area contributed by atoms with Crippen molar-refractivity contribution in [3.8, 4) is 22.8 Å². The number of imidazole rings is 1. The highest BCUT2D eigenvalue weighted by Crippen LogP contribution is 2.31. The normalized spacial score (nSPS) is 12.6. The molecule has 0 saturated heterocycles. The molecule has 11 heteroatoms. The Morgan fingerprint density at radius 1 is 1.17 bits per heavy atom. The molecule has 3 aromatic heterocycles. The minimum atomic E-state index is -3.54. The highest BCUT2D eigenvalue weighted by Gasteiger charge is 2.28. The van der Waals surface area contributed by atoms with Crippen LogP contribution in [0.4, 0.5) is 4.39 Å². The zero-order valence-corrected chi connectivity index (χ0v) is 21.5. The van der Waals surface area contributed by atoms with Crippen LogP contribution >= 0.6 is 0 Å². The van der Waals surface area contributed by atoms with Gasteiger partial charge in [0, 0.05) is 25.1 Å². The highest BCUT2D eigenvalue weighted by atomic mass is 32.2. The molecule has 0 spiro atoms. The van der Waals surface area contributed by atoms with Crippen LogP contribution < -0.4 is 15.2 Å². The fourth-order valence-electron chi connectivity index (χ4n) is 4.21. The number of sulfone groups is 1.